The second-order valence-corrected chi connectivity index (χ2v) is 7.69. The zero-order valence-corrected chi connectivity index (χ0v) is 17.7. The van der Waals surface area contributed by atoms with Gasteiger partial charge in [0.2, 0.25) is 0 Å². The monoisotopic (exact) mass is 400 g/mol. The van der Waals surface area contributed by atoms with Crippen LogP contribution in [0.15, 0.2) is 58.1 Å². The van der Waals surface area contributed by atoms with E-state index in [1.165, 1.54) is 5.56 Å². The lowest BCUT2D eigenvalue weighted by Gasteiger charge is -2.21. The number of carbonyl (C=O) groups excluding carboxylic acids is 1. The summed E-state index contributed by atoms with van der Waals surface area (Å²) in [6, 6.07) is 14.1. The summed E-state index contributed by atoms with van der Waals surface area (Å²) >= 11 is 0. The van der Waals surface area contributed by atoms with Crippen LogP contribution in [-0.4, -0.2) is 37.3 Å². The van der Waals surface area contributed by atoms with E-state index in [0.717, 1.165) is 12.2 Å². The molecule has 7 nitrogen and oxygen atoms in total. The molecule has 7 heteroatoms. The van der Waals surface area contributed by atoms with Crippen molar-refractivity contribution in [2.45, 2.75) is 45.8 Å². The normalized spacial score (nSPS) is 12.9. The zero-order valence-electron chi connectivity index (χ0n) is 17.7. The fourth-order valence-electron chi connectivity index (χ4n) is 2.58. The number of furan rings is 1. The summed E-state index contributed by atoms with van der Waals surface area (Å²) in [6.07, 6.45) is 1.95. The van der Waals surface area contributed by atoms with Gasteiger partial charge in [-0.15, -0.1) is 0 Å². The molecule has 3 N–H and O–H groups in total. The van der Waals surface area contributed by atoms with Gasteiger partial charge >= 0.3 is 6.09 Å². The van der Waals surface area contributed by atoms with E-state index in [0.29, 0.717) is 25.6 Å². The van der Waals surface area contributed by atoms with Crippen molar-refractivity contribution in [2.75, 3.05) is 19.6 Å². The summed E-state index contributed by atoms with van der Waals surface area (Å²) < 4.78 is 10.6. The van der Waals surface area contributed by atoms with E-state index in [-0.39, 0.29) is 6.04 Å². The summed E-state index contributed by atoms with van der Waals surface area (Å²) in [5.74, 6) is 1.58. The van der Waals surface area contributed by atoms with E-state index in [1.54, 1.807) is 6.26 Å². The van der Waals surface area contributed by atoms with Crippen LogP contribution in [0.3, 0.4) is 0 Å². The molecule has 0 bridgehead atoms. The Hall–Kier alpha value is -2.96. The minimum absolute atomic E-state index is 0.0878. The number of guanidine groups is 1. The fourth-order valence-corrected chi connectivity index (χ4v) is 2.58. The molecule has 0 aliphatic rings. The molecule has 1 unspecified atom stereocenters. The van der Waals surface area contributed by atoms with Crippen molar-refractivity contribution >= 4 is 12.1 Å². The highest BCUT2D eigenvalue weighted by Crippen LogP contribution is 2.11. The summed E-state index contributed by atoms with van der Waals surface area (Å²) in [7, 11) is 0. The number of nitrogens with one attached hydrogen (secondary N) is 3. The van der Waals surface area contributed by atoms with Crippen molar-refractivity contribution in [2.24, 2.45) is 4.99 Å². The predicted molar refractivity (Wildman–Crippen MR) is 115 cm³/mol. The molecule has 0 radical (unpaired) electrons. The van der Waals surface area contributed by atoms with Gasteiger partial charge in [0.05, 0.1) is 12.3 Å². The number of aliphatic imine (C=N–C) groups is 1. The lowest BCUT2D eigenvalue weighted by molar-refractivity contribution is 0.0529. The smallest absolute Gasteiger partial charge is 0.407 e. The fraction of sp³-hybridized carbons (Fsp3) is 0.455. The lowest BCUT2D eigenvalue weighted by Crippen LogP contribution is -2.43. The number of nitrogens with zero attached hydrogens (tertiary/aromatic N) is 1. The highest BCUT2D eigenvalue weighted by atomic mass is 16.6. The van der Waals surface area contributed by atoms with E-state index in [9.17, 15) is 4.79 Å². The SMILES string of the molecule is CC(NC(=NCCc1ccco1)NCCNC(=O)OC(C)(C)C)c1ccccc1. The Labute approximate surface area is 172 Å². The van der Waals surface area contributed by atoms with Crippen LogP contribution in [0.5, 0.6) is 0 Å². The second-order valence-electron chi connectivity index (χ2n) is 7.69. The molecule has 1 amide bonds. The Kier molecular flexibility index (Phi) is 8.58. The molecule has 0 spiro atoms. The molecule has 1 heterocycles. The molecular formula is C22H32N4O3. The van der Waals surface area contributed by atoms with Gasteiger partial charge in [0, 0.05) is 26.1 Å². The van der Waals surface area contributed by atoms with E-state index in [1.807, 2.05) is 51.1 Å². The maximum absolute atomic E-state index is 11.8. The largest absolute Gasteiger partial charge is 0.469 e. The van der Waals surface area contributed by atoms with Crippen LogP contribution in [0.25, 0.3) is 0 Å². The van der Waals surface area contributed by atoms with Gasteiger partial charge in [0.25, 0.3) is 0 Å². The van der Waals surface area contributed by atoms with Crippen molar-refractivity contribution in [1.29, 1.82) is 0 Å². The minimum Gasteiger partial charge on any atom is -0.469 e. The first-order chi connectivity index (χ1) is 13.8. The maximum Gasteiger partial charge on any atom is 0.407 e. The first kappa shape index (κ1) is 22.3. The summed E-state index contributed by atoms with van der Waals surface area (Å²) in [5.41, 5.74) is 0.655. The molecule has 1 aromatic heterocycles. The number of hydrogen-bond acceptors (Lipinski definition) is 4. The Morgan fingerprint density at radius 1 is 1.10 bits per heavy atom. The molecule has 0 aliphatic carbocycles. The van der Waals surface area contributed by atoms with Gasteiger partial charge in [0.1, 0.15) is 11.4 Å². The predicted octanol–water partition coefficient (Wildman–Crippen LogP) is 3.64. The number of hydrogen-bond donors (Lipinski definition) is 3. The van der Waals surface area contributed by atoms with Crippen molar-refractivity contribution in [3.05, 3.63) is 60.1 Å². The van der Waals surface area contributed by atoms with Gasteiger partial charge in [-0.05, 0) is 45.4 Å². The van der Waals surface area contributed by atoms with E-state index in [2.05, 4.69) is 40.0 Å². The number of rotatable bonds is 8. The molecule has 2 rings (SSSR count). The molecule has 0 aliphatic heterocycles. The number of amides is 1. The molecule has 0 fully saturated rings. The van der Waals surface area contributed by atoms with Crippen LogP contribution in [0.4, 0.5) is 4.79 Å². The summed E-state index contributed by atoms with van der Waals surface area (Å²) in [6.45, 7) is 9.12. The first-order valence-corrected chi connectivity index (χ1v) is 9.92. The molecule has 158 valence electrons. The highest BCUT2D eigenvalue weighted by molar-refractivity contribution is 5.80. The van der Waals surface area contributed by atoms with Crippen molar-refractivity contribution in [3.8, 4) is 0 Å². The maximum atomic E-state index is 11.8. The number of benzene rings is 1. The average molecular weight is 401 g/mol. The second kappa shape index (κ2) is 11.1. The third-order valence-electron chi connectivity index (χ3n) is 3.95. The summed E-state index contributed by atoms with van der Waals surface area (Å²) in [4.78, 5) is 16.4. The van der Waals surface area contributed by atoms with Crippen LogP contribution >= 0.6 is 0 Å². The van der Waals surface area contributed by atoms with E-state index < -0.39 is 11.7 Å². The van der Waals surface area contributed by atoms with Gasteiger partial charge in [-0.1, -0.05) is 30.3 Å². The standard InChI is InChI=1S/C22H32N4O3/c1-17(18-9-6-5-7-10-18)26-20(23-13-12-19-11-8-16-28-19)24-14-15-25-21(27)29-22(2,3)4/h5-11,16-17H,12-15H2,1-4H3,(H,25,27)(H2,23,24,26). The molecule has 0 saturated heterocycles. The Bertz CT molecular complexity index is 752. The number of ether oxygens (including phenoxy) is 1. The van der Waals surface area contributed by atoms with Crippen LogP contribution in [-0.2, 0) is 11.2 Å². The van der Waals surface area contributed by atoms with Crippen LogP contribution < -0.4 is 16.0 Å². The third kappa shape index (κ3) is 9.19. The van der Waals surface area contributed by atoms with Gasteiger partial charge in [0.15, 0.2) is 5.96 Å². The van der Waals surface area contributed by atoms with Gasteiger partial charge in [-0.3, -0.25) is 4.99 Å². The van der Waals surface area contributed by atoms with Crippen molar-refractivity contribution < 1.29 is 13.9 Å². The van der Waals surface area contributed by atoms with E-state index in [4.69, 9.17) is 9.15 Å². The summed E-state index contributed by atoms with van der Waals surface area (Å²) in [5, 5.41) is 9.40. The quantitative estimate of drug-likeness (QED) is 0.358. The van der Waals surface area contributed by atoms with Crippen molar-refractivity contribution in [3.63, 3.8) is 0 Å². The Morgan fingerprint density at radius 2 is 1.83 bits per heavy atom. The highest BCUT2D eigenvalue weighted by Gasteiger charge is 2.15. The van der Waals surface area contributed by atoms with Crippen LogP contribution in [0.2, 0.25) is 0 Å². The average Bonchev–Trinajstić information content (AvgIpc) is 3.17. The Morgan fingerprint density at radius 3 is 2.48 bits per heavy atom. The van der Waals surface area contributed by atoms with Gasteiger partial charge in [-0.25, -0.2) is 4.79 Å². The third-order valence-corrected chi connectivity index (χ3v) is 3.95. The lowest BCUT2D eigenvalue weighted by atomic mass is 10.1. The molecule has 29 heavy (non-hydrogen) atoms. The molecule has 1 atom stereocenters. The topological polar surface area (TPSA) is 87.9 Å². The zero-order chi connectivity index (χ0) is 21.1. The molecular weight excluding hydrogens is 368 g/mol. The Balaban J connectivity index is 1.86. The minimum atomic E-state index is -0.511. The van der Waals surface area contributed by atoms with Crippen LogP contribution in [0.1, 0.15) is 45.1 Å². The molecule has 0 saturated carbocycles. The van der Waals surface area contributed by atoms with Gasteiger partial charge in [-0.2, -0.15) is 0 Å². The van der Waals surface area contributed by atoms with Gasteiger partial charge < -0.3 is 25.1 Å². The van der Waals surface area contributed by atoms with E-state index >= 15 is 0 Å². The number of alkyl carbamates (subject to hydrolysis) is 1. The van der Waals surface area contributed by atoms with Crippen molar-refractivity contribution in [1.82, 2.24) is 16.0 Å². The molecule has 2 aromatic rings. The molecule has 1 aromatic carbocycles. The van der Waals surface area contributed by atoms with Crippen LogP contribution in [0, 0.1) is 0 Å². The first-order valence-electron chi connectivity index (χ1n) is 9.92. The number of carbonyl (C=O) groups is 1.